The van der Waals surface area contributed by atoms with Crippen molar-refractivity contribution in [3.63, 3.8) is 0 Å². The number of fused-ring (bicyclic) bond motifs is 1. The van der Waals surface area contributed by atoms with Crippen molar-refractivity contribution in [1.82, 2.24) is 14.8 Å². The number of hydrogen-bond donors (Lipinski definition) is 0. The third kappa shape index (κ3) is 3.52. The lowest BCUT2D eigenvalue weighted by atomic mass is 10.0. The van der Waals surface area contributed by atoms with Gasteiger partial charge >= 0.3 is 0 Å². The van der Waals surface area contributed by atoms with Crippen molar-refractivity contribution < 1.29 is 14.3 Å². The van der Waals surface area contributed by atoms with Gasteiger partial charge in [0, 0.05) is 38.2 Å². The third-order valence-electron chi connectivity index (χ3n) is 5.65. The number of piperazine rings is 1. The summed E-state index contributed by atoms with van der Waals surface area (Å²) in [5, 5.41) is 0. The number of carbonyl (C=O) groups excluding carboxylic acids is 2. The quantitative estimate of drug-likeness (QED) is 0.670. The van der Waals surface area contributed by atoms with Gasteiger partial charge in [-0.05, 0) is 35.4 Å². The van der Waals surface area contributed by atoms with E-state index in [1.807, 2.05) is 45.6 Å². The minimum Gasteiger partial charge on any atom is -0.368 e. The molecule has 3 aromatic rings. The lowest BCUT2D eigenvalue weighted by Crippen LogP contribution is -2.54. The molecule has 3 heterocycles. The molecule has 7 heteroatoms. The second kappa shape index (κ2) is 7.57. The molecule has 2 amide bonds. The number of ether oxygens (including phenoxy) is 1. The predicted octanol–water partition coefficient (Wildman–Crippen LogP) is 3.04. The second-order valence-corrected chi connectivity index (χ2v) is 8.26. The summed E-state index contributed by atoms with van der Waals surface area (Å²) in [5.74, 6) is 0.0760. The van der Waals surface area contributed by atoms with E-state index in [1.165, 1.54) is 0 Å². The zero-order valence-corrected chi connectivity index (χ0v) is 16.7. The Bertz CT molecular complexity index is 1050. The maximum Gasteiger partial charge on any atom is 0.253 e. The molecular weight excluding hydrogens is 386 g/mol. The fourth-order valence-electron chi connectivity index (χ4n) is 3.79. The highest BCUT2D eigenvalue weighted by Crippen LogP contribution is 2.26. The molecule has 0 N–H and O–H groups in total. The molecule has 2 fully saturated rings. The molecular formula is C22H21N3O3S. The van der Waals surface area contributed by atoms with Gasteiger partial charge in [0.05, 0.1) is 22.3 Å². The Labute approximate surface area is 172 Å². The van der Waals surface area contributed by atoms with E-state index in [0.717, 1.165) is 27.8 Å². The van der Waals surface area contributed by atoms with Crippen LogP contribution < -0.4 is 0 Å². The SMILES string of the molecule is O=C(c1ccc(-c2ccc3ncsc3c2)cc1)N1CCN(C(=O)C2CCO2)CC1. The van der Waals surface area contributed by atoms with E-state index >= 15 is 0 Å². The molecule has 0 saturated carbocycles. The van der Waals surface area contributed by atoms with Crippen molar-refractivity contribution in [3.8, 4) is 11.1 Å². The first-order chi connectivity index (χ1) is 14.2. The summed E-state index contributed by atoms with van der Waals surface area (Å²) in [6, 6.07) is 14.0. The Morgan fingerprint density at radius 2 is 1.66 bits per heavy atom. The van der Waals surface area contributed by atoms with Crippen LogP contribution in [0.5, 0.6) is 0 Å². The Balaban J connectivity index is 1.24. The first-order valence-electron chi connectivity index (χ1n) is 9.82. The largest absolute Gasteiger partial charge is 0.368 e. The van der Waals surface area contributed by atoms with Crippen molar-refractivity contribution in [3.05, 3.63) is 53.5 Å². The maximum atomic E-state index is 12.9. The van der Waals surface area contributed by atoms with Gasteiger partial charge < -0.3 is 14.5 Å². The fraction of sp³-hybridized carbons (Fsp3) is 0.318. The van der Waals surface area contributed by atoms with E-state index in [4.69, 9.17) is 4.74 Å². The summed E-state index contributed by atoms with van der Waals surface area (Å²) in [5.41, 5.74) is 5.73. The Kier molecular flexibility index (Phi) is 4.77. The average molecular weight is 407 g/mol. The molecule has 2 aliphatic rings. The molecule has 0 aliphatic carbocycles. The van der Waals surface area contributed by atoms with Gasteiger partial charge in [0.2, 0.25) is 0 Å². The molecule has 0 spiro atoms. The normalized spacial score (nSPS) is 19.2. The number of amides is 2. The first-order valence-corrected chi connectivity index (χ1v) is 10.7. The van der Waals surface area contributed by atoms with Crippen LogP contribution >= 0.6 is 11.3 Å². The number of thiazole rings is 1. The topological polar surface area (TPSA) is 62.7 Å². The van der Waals surface area contributed by atoms with Gasteiger partial charge in [-0.15, -0.1) is 11.3 Å². The number of rotatable bonds is 3. The van der Waals surface area contributed by atoms with E-state index in [1.54, 1.807) is 11.3 Å². The Morgan fingerprint density at radius 3 is 2.34 bits per heavy atom. The van der Waals surface area contributed by atoms with Gasteiger partial charge in [-0.3, -0.25) is 9.59 Å². The van der Waals surface area contributed by atoms with Gasteiger partial charge in [-0.2, -0.15) is 0 Å². The summed E-state index contributed by atoms with van der Waals surface area (Å²) in [6.07, 6.45) is 0.536. The third-order valence-corrected chi connectivity index (χ3v) is 6.44. The van der Waals surface area contributed by atoms with Gasteiger partial charge in [0.15, 0.2) is 0 Å². The molecule has 5 rings (SSSR count). The average Bonchev–Trinajstić information content (AvgIpc) is 3.20. The predicted molar refractivity (Wildman–Crippen MR) is 112 cm³/mol. The molecule has 29 heavy (non-hydrogen) atoms. The van der Waals surface area contributed by atoms with Gasteiger partial charge in [0.1, 0.15) is 6.10 Å². The minimum atomic E-state index is -0.269. The van der Waals surface area contributed by atoms with Crippen LogP contribution in [0.25, 0.3) is 21.3 Å². The number of nitrogens with zero attached hydrogens (tertiary/aromatic N) is 3. The van der Waals surface area contributed by atoms with E-state index in [0.29, 0.717) is 38.3 Å². The molecule has 2 aromatic carbocycles. The van der Waals surface area contributed by atoms with Crippen LogP contribution in [-0.4, -0.2) is 65.5 Å². The highest BCUT2D eigenvalue weighted by Gasteiger charge is 2.33. The lowest BCUT2D eigenvalue weighted by Gasteiger charge is -2.38. The standard InChI is InChI=1S/C22H21N3O3S/c26-21(24-8-10-25(11-9-24)22(27)19-7-12-28-19)16-3-1-15(2-4-16)17-5-6-18-20(13-17)29-14-23-18/h1-6,13-14,19H,7-12H2. The van der Waals surface area contributed by atoms with Crippen molar-refractivity contribution in [2.24, 2.45) is 0 Å². The second-order valence-electron chi connectivity index (χ2n) is 7.38. The Hall–Kier alpha value is -2.77. The zero-order valence-electron chi connectivity index (χ0n) is 15.9. The molecule has 2 aliphatic heterocycles. The molecule has 1 aromatic heterocycles. The molecule has 148 valence electrons. The molecule has 1 unspecified atom stereocenters. The maximum absolute atomic E-state index is 12.9. The highest BCUT2D eigenvalue weighted by atomic mass is 32.1. The van der Waals surface area contributed by atoms with E-state index in [2.05, 4.69) is 17.1 Å². The summed E-state index contributed by atoms with van der Waals surface area (Å²) in [6.45, 7) is 2.92. The van der Waals surface area contributed by atoms with Crippen molar-refractivity contribution >= 4 is 33.4 Å². The minimum absolute atomic E-state index is 0.0152. The van der Waals surface area contributed by atoms with Crippen molar-refractivity contribution in [1.29, 1.82) is 0 Å². The van der Waals surface area contributed by atoms with Crippen LogP contribution in [0.1, 0.15) is 16.8 Å². The monoisotopic (exact) mass is 407 g/mol. The van der Waals surface area contributed by atoms with Gasteiger partial charge in [-0.25, -0.2) is 4.98 Å². The lowest BCUT2D eigenvalue weighted by molar-refractivity contribution is -0.157. The number of benzene rings is 2. The van der Waals surface area contributed by atoms with Crippen molar-refractivity contribution in [2.75, 3.05) is 32.8 Å². The Morgan fingerprint density at radius 1 is 0.966 bits per heavy atom. The molecule has 6 nitrogen and oxygen atoms in total. The van der Waals surface area contributed by atoms with E-state index < -0.39 is 0 Å². The first kappa shape index (κ1) is 18.3. The number of aromatic nitrogens is 1. The summed E-state index contributed by atoms with van der Waals surface area (Å²) in [7, 11) is 0. The smallest absolute Gasteiger partial charge is 0.253 e. The van der Waals surface area contributed by atoms with Gasteiger partial charge in [-0.1, -0.05) is 18.2 Å². The molecule has 2 saturated heterocycles. The summed E-state index contributed by atoms with van der Waals surface area (Å²) >= 11 is 1.62. The van der Waals surface area contributed by atoms with Crippen LogP contribution in [0.15, 0.2) is 48.0 Å². The van der Waals surface area contributed by atoms with Crippen LogP contribution in [0.4, 0.5) is 0 Å². The van der Waals surface area contributed by atoms with Gasteiger partial charge in [0.25, 0.3) is 11.8 Å². The summed E-state index contributed by atoms with van der Waals surface area (Å²) in [4.78, 5) is 33.1. The fourth-order valence-corrected chi connectivity index (χ4v) is 4.50. The van der Waals surface area contributed by atoms with E-state index in [-0.39, 0.29) is 17.9 Å². The highest BCUT2D eigenvalue weighted by molar-refractivity contribution is 7.16. The van der Waals surface area contributed by atoms with Crippen LogP contribution in [0.3, 0.4) is 0 Å². The number of carbonyl (C=O) groups is 2. The zero-order chi connectivity index (χ0) is 19.8. The molecule has 0 radical (unpaired) electrons. The van der Waals surface area contributed by atoms with Crippen molar-refractivity contribution in [2.45, 2.75) is 12.5 Å². The summed E-state index contributed by atoms with van der Waals surface area (Å²) < 4.78 is 6.44. The van der Waals surface area contributed by atoms with E-state index in [9.17, 15) is 9.59 Å². The molecule has 1 atom stereocenters. The number of hydrogen-bond acceptors (Lipinski definition) is 5. The van der Waals surface area contributed by atoms with Crippen LogP contribution in [0.2, 0.25) is 0 Å². The molecule has 0 bridgehead atoms. The van der Waals surface area contributed by atoms with Crippen LogP contribution in [-0.2, 0) is 9.53 Å². The van der Waals surface area contributed by atoms with Crippen LogP contribution in [0, 0.1) is 0 Å².